The van der Waals surface area contributed by atoms with Crippen LogP contribution < -0.4 is 9.84 Å². The minimum atomic E-state index is -4.28. The topological polar surface area (TPSA) is 102 Å². The molecule has 4 aliphatic rings. The van der Waals surface area contributed by atoms with Crippen LogP contribution >= 0.6 is 0 Å². The van der Waals surface area contributed by atoms with Gasteiger partial charge in [-0.25, -0.2) is 9.59 Å². The van der Waals surface area contributed by atoms with Gasteiger partial charge in [0.2, 0.25) is 0 Å². The summed E-state index contributed by atoms with van der Waals surface area (Å²) in [5.41, 5.74) is -0.652. The minimum absolute atomic E-state index is 0.108. The number of rotatable bonds is 6. The number of alkyl halides is 2. The Balaban J connectivity index is 1.32. The number of ether oxygens (including phenoxy) is 3. The number of aliphatic carboxylic acids is 1. The summed E-state index contributed by atoms with van der Waals surface area (Å²) in [6, 6.07) is 5.03. The number of esters is 1. The average molecular weight is 437 g/mol. The quantitative estimate of drug-likeness (QED) is 0.498. The van der Waals surface area contributed by atoms with E-state index in [2.05, 4.69) is 4.74 Å². The molecule has 0 aromatic heterocycles. The highest BCUT2D eigenvalue weighted by Gasteiger charge is 2.57. The zero-order chi connectivity index (χ0) is 22.4. The van der Waals surface area contributed by atoms with Crippen molar-refractivity contribution in [2.75, 3.05) is 6.61 Å². The number of carboxylic acids is 1. The number of carbonyl (C=O) groups excluding carboxylic acids is 3. The molecule has 0 aliphatic heterocycles. The van der Waals surface area contributed by atoms with Crippen LogP contribution in [0.1, 0.15) is 49.4 Å². The third-order valence-electron chi connectivity index (χ3n) is 7.04. The molecule has 0 unspecified atom stereocenters. The van der Waals surface area contributed by atoms with Crippen molar-refractivity contribution < 1.29 is 42.5 Å². The van der Waals surface area contributed by atoms with Crippen LogP contribution in [0.4, 0.5) is 13.6 Å². The Kier molecular flexibility index (Phi) is 5.39. The Labute approximate surface area is 177 Å². The second-order valence-electron chi connectivity index (χ2n) is 9.03. The highest BCUT2D eigenvalue weighted by atomic mass is 19.3. The van der Waals surface area contributed by atoms with E-state index in [0.29, 0.717) is 11.8 Å². The summed E-state index contributed by atoms with van der Waals surface area (Å²) in [4.78, 5) is 34.5. The van der Waals surface area contributed by atoms with Crippen molar-refractivity contribution in [1.29, 1.82) is 0 Å². The molecule has 4 aliphatic carbocycles. The Morgan fingerprint density at radius 2 is 1.58 bits per heavy atom. The fraction of sp³-hybridized carbons (Fsp3) is 0.591. The molecule has 4 bridgehead atoms. The maximum absolute atomic E-state index is 13.0. The van der Waals surface area contributed by atoms with Gasteiger partial charge in [0.05, 0.1) is 5.56 Å². The van der Waals surface area contributed by atoms with Crippen molar-refractivity contribution in [3.05, 3.63) is 29.8 Å². The van der Waals surface area contributed by atoms with Gasteiger partial charge >= 0.3 is 18.0 Å². The molecule has 0 amide bonds. The number of carbonyl (C=O) groups is 3. The third kappa shape index (κ3) is 4.22. The Morgan fingerprint density at radius 3 is 2.10 bits per heavy atom. The smallest absolute Gasteiger partial charge is 0.514 e. The standard InChI is InChI=1S/C22H24F2O7/c1-21(15-7-12-6-13(9-15)10-16(21)8-12)31-20(28)30-17-4-2-14(3-5-17)18(25)29-11-22(23,24)19(26)27/h2-5,12-13,15-16H,6-11H2,1H3,(H,26,27)/p-1. The summed E-state index contributed by atoms with van der Waals surface area (Å²) in [6.07, 6.45) is 4.76. The molecule has 7 nitrogen and oxygen atoms in total. The van der Waals surface area contributed by atoms with E-state index in [-0.39, 0.29) is 11.3 Å². The Bertz CT molecular complexity index is 852. The summed E-state index contributed by atoms with van der Waals surface area (Å²) in [5.74, 6) is -5.79. The van der Waals surface area contributed by atoms with E-state index >= 15 is 0 Å². The van der Waals surface area contributed by atoms with Crippen molar-refractivity contribution in [2.24, 2.45) is 23.7 Å². The summed E-state index contributed by atoms with van der Waals surface area (Å²) in [6.45, 7) is 0.351. The van der Waals surface area contributed by atoms with Crippen molar-refractivity contribution >= 4 is 18.1 Å². The molecule has 1 aromatic carbocycles. The fourth-order valence-corrected chi connectivity index (χ4v) is 5.54. The zero-order valence-electron chi connectivity index (χ0n) is 17.0. The average Bonchev–Trinajstić information content (AvgIpc) is 2.70. The Morgan fingerprint density at radius 1 is 1.03 bits per heavy atom. The van der Waals surface area contributed by atoms with Crippen LogP contribution in [0.5, 0.6) is 5.75 Å². The molecule has 9 heteroatoms. The van der Waals surface area contributed by atoms with E-state index in [1.807, 2.05) is 6.92 Å². The molecular formula is C22H23F2O7-. The molecule has 4 fully saturated rings. The number of carboxylic acid groups (broad SMARTS) is 1. The third-order valence-corrected chi connectivity index (χ3v) is 7.04. The fourth-order valence-electron chi connectivity index (χ4n) is 5.54. The molecule has 0 saturated heterocycles. The molecule has 0 atom stereocenters. The van der Waals surface area contributed by atoms with Crippen LogP contribution in [0.15, 0.2) is 24.3 Å². The normalized spacial score (nSPS) is 31.2. The van der Waals surface area contributed by atoms with Crippen molar-refractivity contribution in [3.63, 3.8) is 0 Å². The number of hydrogen-bond acceptors (Lipinski definition) is 7. The minimum Gasteiger partial charge on any atom is -0.544 e. The first-order valence-corrected chi connectivity index (χ1v) is 10.3. The van der Waals surface area contributed by atoms with Gasteiger partial charge in [0.1, 0.15) is 17.3 Å². The number of halogens is 2. The van der Waals surface area contributed by atoms with Gasteiger partial charge in [-0.05, 0) is 87.0 Å². The lowest BCUT2D eigenvalue weighted by Gasteiger charge is -2.58. The monoisotopic (exact) mass is 437 g/mol. The number of benzene rings is 1. The molecule has 168 valence electrons. The van der Waals surface area contributed by atoms with E-state index in [1.165, 1.54) is 30.7 Å². The molecule has 4 saturated carbocycles. The SMILES string of the molecule is CC1(OC(=O)Oc2ccc(C(=O)OCC(F)(F)C(=O)[O-])cc2)C2CC3CC(C2)CC1C3. The van der Waals surface area contributed by atoms with Crippen molar-refractivity contribution in [3.8, 4) is 5.75 Å². The van der Waals surface area contributed by atoms with E-state index in [0.717, 1.165) is 37.5 Å². The van der Waals surface area contributed by atoms with Crippen LogP contribution in [0.2, 0.25) is 0 Å². The van der Waals surface area contributed by atoms with Gasteiger partial charge in [0.25, 0.3) is 0 Å². The van der Waals surface area contributed by atoms with E-state index in [4.69, 9.17) is 9.47 Å². The molecular weight excluding hydrogens is 414 g/mol. The lowest BCUT2D eigenvalue weighted by atomic mass is 9.50. The van der Waals surface area contributed by atoms with Gasteiger partial charge in [-0.3, -0.25) is 0 Å². The van der Waals surface area contributed by atoms with Gasteiger partial charge in [-0.1, -0.05) is 0 Å². The molecule has 0 N–H and O–H groups in total. The van der Waals surface area contributed by atoms with Crippen LogP contribution in [0.25, 0.3) is 0 Å². The highest BCUT2D eigenvalue weighted by molar-refractivity contribution is 5.90. The zero-order valence-corrected chi connectivity index (χ0v) is 17.0. The molecule has 0 spiro atoms. The van der Waals surface area contributed by atoms with Gasteiger partial charge in [-0.15, -0.1) is 0 Å². The molecule has 1 aromatic rings. The summed E-state index contributed by atoms with van der Waals surface area (Å²) >= 11 is 0. The van der Waals surface area contributed by atoms with Gasteiger partial charge in [0, 0.05) is 0 Å². The molecule has 0 radical (unpaired) electrons. The lowest BCUT2D eigenvalue weighted by molar-refractivity contribution is -0.331. The van der Waals surface area contributed by atoms with Crippen LogP contribution in [0, 0.1) is 23.7 Å². The van der Waals surface area contributed by atoms with E-state index in [9.17, 15) is 28.3 Å². The predicted molar refractivity (Wildman–Crippen MR) is 99.2 cm³/mol. The van der Waals surface area contributed by atoms with Crippen LogP contribution in [0.3, 0.4) is 0 Å². The molecule has 0 heterocycles. The second-order valence-corrected chi connectivity index (χ2v) is 9.03. The largest absolute Gasteiger partial charge is 0.544 e. The van der Waals surface area contributed by atoms with Gasteiger partial charge in [-0.2, -0.15) is 8.78 Å². The first-order valence-electron chi connectivity index (χ1n) is 10.3. The van der Waals surface area contributed by atoms with Gasteiger partial charge in [0.15, 0.2) is 6.61 Å². The first kappa shape index (κ1) is 21.5. The van der Waals surface area contributed by atoms with Crippen LogP contribution in [-0.2, 0) is 14.3 Å². The summed E-state index contributed by atoms with van der Waals surface area (Å²) in [5, 5.41) is 10.3. The van der Waals surface area contributed by atoms with E-state index in [1.54, 1.807) is 0 Å². The summed E-state index contributed by atoms with van der Waals surface area (Å²) in [7, 11) is 0. The molecule has 31 heavy (non-hydrogen) atoms. The summed E-state index contributed by atoms with van der Waals surface area (Å²) < 4.78 is 41.2. The number of hydrogen-bond donors (Lipinski definition) is 0. The first-order chi connectivity index (χ1) is 14.6. The van der Waals surface area contributed by atoms with Crippen molar-refractivity contribution in [2.45, 2.75) is 50.6 Å². The lowest BCUT2D eigenvalue weighted by Crippen LogP contribution is -2.58. The van der Waals surface area contributed by atoms with E-state index < -0.39 is 36.2 Å². The van der Waals surface area contributed by atoms with Crippen LogP contribution in [-0.4, -0.2) is 36.2 Å². The second kappa shape index (κ2) is 7.76. The molecule has 5 rings (SSSR count). The maximum atomic E-state index is 13.0. The van der Waals surface area contributed by atoms with Crippen molar-refractivity contribution in [1.82, 2.24) is 0 Å². The highest BCUT2D eigenvalue weighted by Crippen LogP contribution is 2.59. The van der Waals surface area contributed by atoms with Gasteiger partial charge < -0.3 is 24.1 Å². The maximum Gasteiger partial charge on any atom is 0.514 e. The Hall–Kier alpha value is -2.71. The predicted octanol–water partition coefficient (Wildman–Crippen LogP) is 2.96.